The topological polar surface area (TPSA) is 77.4 Å². The average molecular weight is 176 g/mol. The molecule has 0 saturated heterocycles. The first kappa shape index (κ1) is 13.5. The molecule has 0 spiro atoms. The van der Waals surface area contributed by atoms with Gasteiger partial charge in [-0.1, -0.05) is 6.92 Å². The van der Waals surface area contributed by atoms with Crippen LogP contribution in [0, 0.1) is 0 Å². The van der Waals surface area contributed by atoms with Gasteiger partial charge in [0.25, 0.3) is 0 Å². The summed E-state index contributed by atoms with van der Waals surface area (Å²) in [7, 11) is -4.27. The number of rotatable bonds is 3. The van der Waals surface area contributed by atoms with Gasteiger partial charge in [0.15, 0.2) is 0 Å². The van der Waals surface area contributed by atoms with Gasteiger partial charge in [0.2, 0.25) is 0 Å². The van der Waals surface area contributed by atoms with Gasteiger partial charge in [-0.2, -0.15) is 0 Å². The summed E-state index contributed by atoms with van der Waals surface area (Å²) in [5, 5.41) is 7.16. The van der Waals surface area contributed by atoms with Gasteiger partial charge in [-0.15, -0.1) is 0 Å². The van der Waals surface area contributed by atoms with Crippen LogP contribution in [0.1, 0.15) is 13.3 Å². The zero-order valence-electron chi connectivity index (χ0n) is 6.07. The molecule has 0 fully saturated rings. The average Bonchev–Trinajstić information content (AvgIpc) is 1.65. The van der Waals surface area contributed by atoms with Gasteiger partial charge in [-0.3, -0.25) is 0 Å². The van der Waals surface area contributed by atoms with Gasteiger partial charge in [0.05, 0.1) is 22.0 Å². The largest absolute Gasteiger partial charge is 1.00 e. The molecule has 6 heteroatoms. The Morgan fingerprint density at radius 1 is 1.60 bits per heavy atom. The smallest absolute Gasteiger partial charge is 0.748 e. The fraction of sp³-hybridized carbons (Fsp3) is 1.00. The molecule has 0 radical (unpaired) electrons. The maximum absolute atomic E-state index is 10.1. The monoisotopic (exact) mass is 176 g/mol. The van der Waals surface area contributed by atoms with E-state index in [0.717, 1.165) is 0 Å². The summed E-state index contributed by atoms with van der Waals surface area (Å²) in [6.45, 7) is 0.957. The van der Waals surface area contributed by atoms with E-state index in [1.54, 1.807) is 0 Å². The van der Waals surface area contributed by atoms with Crippen LogP contribution in [0.25, 0.3) is 0 Å². The molecule has 0 heterocycles. The first-order valence-electron chi connectivity index (χ1n) is 2.58. The van der Waals surface area contributed by atoms with Crippen LogP contribution >= 0.6 is 0 Å². The van der Waals surface area contributed by atoms with E-state index in [1.165, 1.54) is 6.92 Å². The Bertz CT molecular complexity index is 160. The second kappa shape index (κ2) is 5.51. The van der Waals surface area contributed by atoms with E-state index in [1.807, 2.05) is 0 Å². The van der Waals surface area contributed by atoms with Crippen LogP contribution in [0.2, 0.25) is 0 Å². The molecule has 0 saturated carbocycles. The Balaban J connectivity index is 0. The van der Waals surface area contributed by atoms with Crippen molar-refractivity contribution in [1.29, 1.82) is 0 Å². The molecule has 56 valence electrons. The fourth-order valence-electron chi connectivity index (χ4n) is 0.425. The summed E-state index contributed by atoms with van der Waals surface area (Å²) in [5.41, 5.74) is 0. The molecule has 0 amide bonds. The van der Waals surface area contributed by atoms with Crippen molar-refractivity contribution in [2.75, 3.05) is 6.61 Å². The summed E-state index contributed by atoms with van der Waals surface area (Å²) < 4.78 is 30.2. The van der Waals surface area contributed by atoms with E-state index in [9.17, 15) is 13.0 Å². The Hall–Kier alpha value is 0.870. The van der Waals surface area contributed by atoms with E-state index in [0.29, 0.717) is 0 Å². The summed E-state index contributed by atoms with van der Waals surface area (Å²) in [4.78, 5) is 0. The minimum Gasteiger partial charge on any atom is -0.748 e. The molecule has 0 aliphatic rings. The van der Waals surface area contributed by atoms with E-state index in [-0.39, 0.29) is 36.0 Å². The van der Waals surface area contributed by atoms with Crippen molar-refractivity contribution in [2.45, 2.75) is 18.6 Å². The van der Waals surface area contributed by atoms with Gasteiger partial charge < -0.3 is 9.66 Å². The third-order valence-electron chi connectivity index (χ3n) is 1.07. The molecule has 0 bridgehead atoms. The van der Waals surface area contributed by atoms with Crippen LogP contribution in [-0.4, -0.2) is 29.9 Å². The molecule has 10 heavy (non-hydrogen) atoms. The number of aliphatic hydroxyl groups excluding tert-OH is 1. The van der Waals surface area contributed by atoms with Gasteiger partial charge in [0.1, 0.15) is 0 Å². The van der Waals surface area contributed by atoms with Gasteiger partial charge >= 0.3 is 29.6 Å². The molecule has 4 nitrogen and oxygen atoms in total. The second-order valence-electron chi connectivity index (χ2n) is 1.71. The molecule has 1 atom stereocenters. The Kier molecular flexibility index (Phi) is 7.42. The summed E-state index contributed by atoms with van der Waals surface area (Å²) in [5.74, 6) is 0. The molecule has 0 rings (SSSR count). The minimum atomic E-state index is -4.27. The predicted molar refractivity (Wildman–Crippen MR) is 30.9 cm³/mol. The van der Waals surface area contributed by atoms with E-state index >= 15 is 0 Å². The van der Waals surface area contributed by atoms with Crippen LogP contribution in [0.15, 0.2) is 0 Å². The summed E-state index contributed by atoms with van der Waals surface area (Å²) >= 11 is 0. The molecular formula is C4H9NaO4S. The van der Waals surface area contributed by atoms with Crippen molar-refractivity contribution >= 4 is 10.1 Å². The Labute approximate surface area is 82.7 Å². The molecule has 0 aliphatic heterocycles. The first-order valence-corrected chi connectivity index (χ1v) is 4.05. The van der Waals surface area contributed by atoms with Crippen molar-refractivity contribution in [3.63, 3.8) is 0 Å². The van der Waals surface area contributed by atoms with Gasteiger partial charge in [0, 0.05) is 0 Å². The summed E-state index contributed by atoms with van der Waals surface area (Å²) in [6, 6.07) is 0. The number of aliphatic hydroxyl groups is 1. The minimum absolute atomic E-state index is 0. The van der Waals surface area contributed by atoms with E-state index < -0.39 is 22.0 Å². The van der Waals surface area contributed by atoms with E-state index in [4.69, 9.17) is 5.11 Å². The molecule has 1 unspecified atom stereocenters. The molecule has 0 aromatic rings. The van der Waals surface area contributed by atoms with Gasteiger partial charge in [-0.25, -0.2) is 8.42 Å². The Morgan fingerprint density at radius 3 is 2.00 bits per heavy atom. The quantitative estimate of drug-likeness (QED) is 0.355. The molecule has 0 aromatic heterocycles. The third-order valence-corrected chi connectivity index (χ3v) is 2.37. The summed E-state index contributed by atoms with van der Waals surface area (Å²) in [6.07, 6.45) is 0.169. The maximum atomic E-state index is 10.1. The number of hydrogen-bond donors (Lipinski definition) is 1. The standard InChI is InChI=1S/C4H10O4S.Na/c1-2-4(3-5)9(6,7)8;/h4-5H,2-3H2,1H3,(H,6,7,8);/q;+1/p-1. The van der Waals surface area contributed by atoms with Crippen molar-refractivity contribution in [3.05, 3.63) is 0 Å². The zero-order valence-corrected chi connectivity index (χ0v) is 8.89. The zero-order chi connectivity index (χ0) is 7.49. The van der Waals surface area contributed by atoms with E-state index in [2.05, 4.69) is 0 Å². The SMILES string of the molecule is CCC(CO)S(=O)(=O)[O-].[Na+]. The molecule has 0 aromatic carbocycles. The molecule has 0 aliphatic carbocycles. The second-order valence-corrected chi connectivity index (χ2v) is 3.36. The Morgan fingerprint density at radius 2 is 2.00 bits per heavy atom. The molecular weight excluding hydrogens is 167 g/mol. The van der Waals surface area contributed by atoms with Crippen molar-refractivity contribution in [3.8, 4) is 0 Å². The van der Waals surface area contributed by atoms with Crippen LogP contribution in [0.4, 0.5) is 0 Å². The third kappa shape index (κ3) is 4.65. The number of hydrogen-bond acceptors (Lipinski definition) is 4. The van der Waals surface area contributed by atoms with Gasteiger partial charge in [-0.05, 0) is 6.42 Å². The van der Waals surface area contributed by atoms with Crippen LogP contribution in [0.5, 0.6) is 0 Å². The van der Waals surface area contributed by atoms with Crippen molar-refractivity contribution < 1.29 is 47.6 Å². The van der Waals surface area contributed by atoms with Crippen molar-refractivity contribution in [2.24, 2.45) is 0 Å². The van der Waals surface area contributed by atoms with Crippen molar-refractivity contribution in [1.82, 2.24) is 0 Å². The maximum Gasteiger partial charge on any atom is 1.00 e. The molecule has 1 N–H and O–H groups in total. The fourth-order valence-corrected chi connectivity index (χ4v) is 1.02. The van der Waals surface area contributed by atoms with Crippen LogP contribution in [0.3, 0.4) is 0 Å². The normalized spacial score (nSPS) is 13.9. The van der Waals surface area contributed by atoms with Crippen LogP contribution in [-0.2, 0) is 10.1 Å². The van der Waals surface area contributed by atoms with Crippen LogP contribution < -0.4 is 29.6 Å². The first-order chi connectivity index (χ1) is 4.02. The predicted octanol–water partition coefficient (Wildman–Crippen LogP) is -3.69.